The van der Waals surface area contributed by atoms with Gasteiger partial charge in [-0.05, 0) is 36.6 Å². The predicted octanol–water partition coefficient (Wildman–Crippen LogP) is 3.84. The van der Waals surface area contributed by atoms with Crippen LogP contribution in [0.1, 0.15) is 43.1 Å². The van der Waals surface area contributed by atoms with Gasteiger partial charge in [-0.15, -0.1) is 0 Å². The van der Waals surface area contributed by atoms with E-state index in [0.29, 0.717) is 31.2 Å². The number of benzene rings is 1. The quantitative estimate of drug-likeness (QED) is 0.625. The van der Waals surface area contributed by atoms with Crippen molar-refractivity contribution in [2.24, 2.45) is 0 Å². The highest BCUT2D eigenvalue weighted by Crippen LogP contribution is 2.29. The molecule has 1 amide bonds. The number of carbonyl (C=O) groups excluding carboxylic acids is 1. The third kappa shape index (κ3) is 4.76. The second kappa shape index (κ2) is 9.29. The molecule has 0 unspecified atom stereocenters. The number of carbonyl (C=O) groups is 1. The number of aryl methyl sites for hydroxylation is 1. The summed E-state index contributed by atoms with van der Waals surface area (Å²) < 4.78 is 5.52. The standard InChI is InChI=1S/C24H29N5O2/c1-17(2)22-26-24(31-27-22)20-10-6-11-25-23(20)29-13-7-12-28(14-15-29)21(30)16-19-9-5-4-8-18(19)3/h4-6,8-11,17H,7,12-16H2,1-3H3. The summed E-state index contributed by atoms with van der Waals surface area (Å²) in [6.45, 7) is 9.09. The molecule has 4 rings (SSSR count). The molecule has 31 heavy (non-hydrogen) atoms. The molecule has 0 atom stereocenters. The molecule has 7 nitrogen and oxygen atoms in total. The van der Waals surface area contributed by atoms with E-state index in [1.807, 2.05) is 49.1 Å². The second-order valence-electron chi connectivity index (χ2n) is 8.31. The van der Waals surface area contributed by atoms with Crippen molar-refractivity contribution in [2.45, 2.75) is 39.5 Å². The monoisotopic (exact) mass is 419 g/mol. The lowest BCUT2D eigenvalue weighted by molar-refractivity contribution is -0.130. The Morgan fingerprint density at radius 2 is 1.94 bits per heavy atom. The van der Waals surface area contributed by atoms with Crippen LogP contribution < -0.4 is 4.90 Å². The van der Waals surface area contributed by atoms with Gasteiger partial charge in [-0.1, -0.05) is 43.3 Å². The van der Waals surface area contributed by atoms with E-state index in [4.69, 9.17) is 4.52 Å². The SMILES string of the molecule is Cc1ccccc1CC(=O)N1CCCN(c2ncccc2-c2nc(C(C)C)no2)CC1. The van der Waals surface area contributed by atoms with E-state index in [9.17, 15) is 4.79 Å². The number of rotatable bonds is 5. The van der Waals surface area contributed by atoms with Gasteiger partial charge < -0.3 is 14.3 Å². The molecule has 2 aromatic heterocycles. The van der Waals surface area contributed by atoms with Gasteiger partial charge in [0.1, 0.15) is 5.82 Å². The van der Waals surface area contributed by atoms with Crippen molar-refractivity contribution < 1.29 is 9.32 Å². The van der Waals surface area contributed by atoms with Crippen LogP contribution in [-0.4, -0.2) is 52.1 Å². The smallest absolute Gasteiger partial charge is 0.261 e. The highest BCUT2D eigenvalue weighted by Gasteiger charge is 2.24. The van der Waals surface area contributed by atoms with Crippen LogP contribution in [0, 0.1) is 6.92 Å². The Kier molecular flexibility index (Phi) is 6.30. The highest BCUT2D eigenvalue weighted by molar-refractivity contribution is 5.79. The van der Waals surface area contributed by atoms with Gasteiger partial charge in [0.25, 0.3) is 5.89 Å². The van der Waals surface area contributed by atoms with E-state index in [-0.39, 0.29) is 11.8 Å². The highest BCUT2D eigenvalue weighted by atomic mass is 16.5. The molecule has 1 aliphatic rings. The van der Waals surface area contributed by atoms with Crippen molar-refractivity contribution in [1.82, 2.24) is 20.0 Å². The Labute approximate surface area is 183 Å². The summed E-state index contributed by atoms with van der Waals surface area (Å²) in [4.78, 5) is 26.3. The summed E-state index contributed by atoms with van der Waals surface area (Å²) in [6, 6.07) is 11.9. The van der Waals surface area contributed by atoms with E-state index in [1.54, 1.807) is 6.20 Å². The molecule has 0 radical (unpaired) electrons. The molecule has 0 aliphatic carbocycles. The summed E-state index contributed by atoms with van der Waals surface area (Å²) in [7, 11) is 0. The average molecular weight is 420 g/mol. The van der Waals surface area contributed by atoms with Gasteiger partial charge in [0.15, 0.2) is 5.82 Å². The number of anilines is 1. The molecule has 7 heteroatoms. The fourth-order valence-electron chi connectivity index (χ4n) is 3.86. The van der Waals surface area contributed by atoms with Crippen LogP contribution in [0.3, 0.4) is 0 Å². The van der Waals surface area contributed by atoms with Crippen molar-refractivity contribution in [2.75, 3.05) is 31.1 Å². The number of aromatic nitrogens is 3. The minimum absolute atomic E-state index is 0.177. The lowest BCUT2D eigenvalue weighted by Gasteiger charge is -2.24. The van der Waals surface area contributed by atoms with Gasteiger partial charge >= 0.3 is 0 Å². The lowest BCUT2D eigenvalue weighted by atomic mass is 10.1. The van der Waals surface area contributed by atoms with Crippen molar-refractivity contribution in [3.63, 3.8) is 0 Å². The number of hydrogen-bond acceptors (Lipinski definition) is 6. The molecule has 3 aromatic rings. The largest absolute Gasteiger partial charge is 0.354 e. The molecule has 0 spiro atoms. The Morgan fingerprint density at radius 3 is 2.71 bits per heavy atom. The van der Waals surface area contributed by atoms with Gasteiger partial charge in [0.2, 0.25) is 5.91 Å². The molecule has 1 aromatic carbocycles. The number of pyridine rings is 1. The normalized spacial score (nSPS) is 14.7. The van der Waals surface area contributed by atoms with Crippen LogP contribution in [0.5, 0.6) is 0 Å². The van der Waals surface area contributed by atoms with Crippen LogP contribution in [-0.2, 0) is 11.2 Å². The van der Waals surface area contributed by atoms with Crippen LogP contribution in [0.4, 0.5) is 5.82 Å². The summed E-state index contributed by atoms with van der Waals surface area (Å²) in [6.07, 6.45) is 3.11. The Morgan fingerprint density at radius 1 is 1.10 bits per heavy atom. The Hall–Kier alpha value is -3.22. The molecular weight excluding hydrogens is 390 g/mol. The number of hydrogen-bond donors (Lipinski definition) is 0. The third-order valence-electron chi connectivity index (χ3n) is 5.73. The lowest BCUT2D eigenvalue weighted by Crippen LogP contribution is -2.36. The molecule has 1 fully saturated rings. The van der Waals surface area contributed by atoms with Gasteiger partial charge in [0, 0.05) is 38.3 Å². The maximum Gasteiger partial charge on any atom is 0.261 e. The molecule has 1 saturated heterocycles. The first-order chi connectivity index (χ1) is 15.0. The minimum atomic E-state index is 0.177. The Balaban J connectivity index is 1.48. The average Bonchev–Trinajstić information content (AvgIpc) is 3.14. The van der Waals surface area contributed by atoms with E-state index in [2.05, 4.69) is 33.0 Å². The van der Waals surface area contributed by atoms with Crippen LogP contribution >= 0.6 is 0 Å². The molecule has 3 heterocycles. The zero-order valence-corrected chi connectivity index (χ0v) is 18.4. The topological polar surface area (TPSA) is 75.4 Å². The zero-order valence-electron chi connectivity index (χ0n) is 18.4. The van der Waals surface area contributed by atoms with E-state index < -0.39 is 0 Å². The van der Waals surface area contributed by atoms with Crippen molar-refractivity contribution >= 4 is 11.7 Å². The van der Waals surface area contributed by atoms with Crippen LogP contribution in [0.2, 0.25) is 0 Å². The predicted molar refractivity (Wildman–Crippen MR) is 120 cm³/mol. The minimum Gasteiger partial charge on any atom is -0.354 e. The van der Waals surface area contributed by atoms with Crippen molar-refractivity contribution in [1.29, 1.82) is 0 Å². The maximum atomic E-state index is 12.9. The summed E-state index contributed by atoms with van der Waals surface area (Å²) in [5.41, 5.74) is 3.09. The molecule has 0 saturated carbocycles. The van der Waals surface area contributed by atoms with E-state index in [1.165, 1.54) is 0 Å². The first-order valence-electron chi connectivity index (χ1n) is 10.9. The maximum absolute atomic E-state index is 12.9. The van der Waals surface area contributed by atoms with Crippen LogP contribution in [0.25, 0.3) is 11.5 Å². The van der Waals surface area contributed by atoms with E-state index in [0.717, 1.165) is 42.0 Å². The summed E-state index contributed by atoms with van der Waals surface area (Å²) in [5, 5.41) is 4.09. The molecule has 162 valence electrons. The zero-order chi connectivity index (χ0) is 21.8. The molecule has 0 N–H and O–H groups in total. The number of amides is 1. The Bertz CT molecular complexity index is 1050. The van der Waals surface area contributed by atoms with E-state index >= 15 is 0 Å². The summed E-state index contributed by atoms with van der Waals surface area (Å²) >= 11 is 0. The number of nitrogens with zero attached hydrogens (tertiary/aromatic N) is 5. The molecule has 0 bridgehead atoms. The van der Waals surface area contributed by atoms with Gasteiger partial charge in [-0.2, -0.15) is 4.98 Å². The van der Waals surface area contributed by atoms with Crippen molar-refractivity contribution in [3.8, 4) is 11.5 Å². The fraction of sp³-hybridized carbons (Fsp3) is 0.417. The summed E-state index contributed by atoms with van der Waals surface area (Å²) in [5.74, 6) is 2.38. The van der Waals surface area contributed by atoms with Crippen LogP contribution in [0.15, 0.2) is 47.1 Å². The first-order valence-corrected chi connectivity index (χ1v) is 10.9. The van der Waals surface area contributed by atoms with Crippen molar-refractivity contribution in [3.05, 3.63) is 59.5 Å². The van der Waals surface area contributed by atoms with Gasteiger partial charge in [0.05, 0.1) is 12.0 Å². The third-order valence-corrected chi connectivity index (χ3v) is 5.73. The van der Waals surface area contributed by atoms with Gasteiger partial charge in [-0.3, -0.25) is 4.79 Å². The molecule has 1 aliphatic heterocycles. The molecular formula is C24H29N5O2. The first kappa shape index (κ1) is 21.0. The second-order valence-corrected chi connectivity index (χ2v) is 8.31. The van der Waals surface area contributed by atoms with Gasteiger partial charge in [-0.25, -0.2) is 4.98 Å². The fourth-order valence-corrected chi connectivity index (χ4v) is 3.86.